The summed E-state index contributed by atoms with van der Waals surface area (Å²) < 4.78 is 0. The number of aliphatic hydroxyl groups excluding tert-OH is 1. The average Bonchev–Trinajstić information content (AvgIpc) is 2.34. The summed E-state index contributed by atoms with van der Waals surface area (Å²) >= 11 is 0. The van der Waals surface area contributed by atoms with Gasteiger partial charge in [0, 0.05) is 11.5 Å². The standard InChI is InChI=1S/C14H28N2O/c1-14(2)12(11-13(14)17)15-7-6-10-16-8-4-3-5-9-16/h12-13,15,17H,3-11H2,1-2H3. The molecule has 2 fully saturated rings. The molecular weight excluding hydrogens is 212 g/mol. The smallest absolute Gasteiger partial charge is 0.0621 e. The molecular formula is C14H28N2O. The van der Waals surface area contributed by atoms with Gasteiger partial charge in [0.15, 0.2) is 0 Å². The molecule has 3 heteroatoms. The first-order valence-electron chi connectivity index (χ1n) is 7.24. The fourth-order valence-corrected chi connectivity index (χ4v) is 3.01. The molecule has 0 aromatic rings. The van der Waals surface area contributed by atoms with Crippen LogP contribution >= 0.6 is 0 Å². The Bertz CT molecular complexity index is 236. The van der Waals surface area contributed by atoms with E-state index in [1.165, 1.54) is 45.3 Å². The van der Waals surface area contributed by atoms with Gasteiger partial charge in [-0.25, -0.2) is 0 Å². The van der Waals surface area contributed by atoms with Crippen LogP contribution in [0.3, 0.4) is 0 Å². The van der Waals surface area contributed by atoms with E-state index < -0.39 is 0 Å². The Morgan fingerprint density at radius 3 is 2.53 bits per heavy atom. The Hall–Kier alpha value is -0.120. The summed E-state index contributed by atoms with van der Waals surface area (Å²) in [7, 11) is 0. The summed E-state index contributed by atoms with van der Waals surface area (Å²) in [5.41, 5.74) is 0.0745. The minimum absolute atomic E-state index is 0.0745. The first kappa shape index (κ1) is 13.3. The van der Waals surface area contributed by atoms with Crippen molar-refractivity contribution in [3.8, 4) is 0 Å². The van der Waals surface area contributed by atoms with Crippen LogP contribution in [0.15, 0.2) is 0 Å². The molecule has 1 aliphatic carbocycles. The highest BCUT2D eigenvalue weighted by atomic mass is 16.3. The second kappa shape index (κ2) is 5.68. The molecule has 2 aliphatic rings. The number of hydrogen-bond donors (Lipinski definition) is 2. The molecule has 2 atom stereocenters. The molecule has 2 rings (SSSR count). The SMILES string of the molecule is CC1(C)C(O)CC1NCCCN1CCCCC1. The lowest BCUT2D eigenvalue weighted by molar-refractivity contribution is -0.0723. The van der Waals surface area contributed by atoms with Crippen LogP contribution in [-0.4, -0.2) is 48.3 Å². The number of aliphatic hydroxyl groups is 1. The molecule has 3 nitrogen and oxygen atoms in total. The predicted molar refractivity (Wildman–Crippen MR) is 71.1 cm³/mol. The van der Waals surface area contributed by atoms with Crippen molar-refractivity contribution in [2.45, 2.75) is 58.1 Å². The molecule has 1 saturated carbocycles. The second-order valence-corrected chi connectivity index (χ2v) is 6.34. The lowest BCUT2D eigenvalue weighted by atomic mass is 9.64. The second-order valence-electron chi connectivity index (χ2n) is 6.34. The predicted octanol–water partition coefficient (Wildman–Crippen LogP) is 1.61. The Kier molecular flexibility index (Phi) is 4.45. The molecule has 100 valence electrons. The van der Waals surface area contributed by atoms with Gasteiger partial charge in [-0.05, 0) is 51.9 Å². The molecule has 0 amide bonds. The maximum atomic E-state index is 9.66. The van der Waals surface area contributed by atoms with Crippen LogP contribution in [0.4, 0.5) is 0 Å². The van der Waals surface area contributed by atoms with E-state index in [-0.39, 0.29) is 11.5 Å². The van der Waals surface area contributed by atoms with Gasteiger partial charge in [-0.15, -0.1) is 0 Å². The van der Waals surface area contributed by atoms with Gasteiger partial charge in [-0.3, -0.25) is 0 Å². The van der Waals surface area contributed by atoms with Crippen LogP contribution in [0.2, 0.25) is 0 Å². The molecule has 1 aliphatic heterocycles. The average molecular weight is 240 g/mol. The number of nitrogens with zero attached hydrogens (tertiary/aromatic N) is 1. The van der Waals surface area contributed by atoms with Gasteiger partial charge in [0.25, 0.3) is 0 Å². The lowest BCUT2D eigenvalue weighted by Crippen LogP contribution is -2.60. The molecule has 2 unspecified atom stereocenters. The topological polar surface area (TPSA) is 35.5 Å². The minimum atomic E-state index is -0.109. The maximum Gasteiger partial charge on any atom is 0.0621 e. The van der Waals surface area contributed by atoms with E-state index in [1.54, 1.807) is 0 Å². The van der Waals surface area contributed by atoms with Crippen LogP contribution in [0, 0.1) is 5.41 Å². The zero-order valence-electron chi connectivity index (χ0n) is 11.4. The van der Waals surface area contributed by atoms with Crippen LogP contribution in [0.1, 0.15) is 46.0 Å². The van der Waals surface area contributed by atoms with Gasteiger partial charge in [-0.1, -0.05) is 20.3 Å². The molecule has 1 saturated heterocycles. The van der Waals surface area contributed by atoms with Crippen molar-refractivity contribution < 1.29 is 5.11 Å². The van der Waals surface area contributed by atoms with E-state index >= 15 is 0 Å². The highest BCUT2D eigenvalue weighted by molar-refractivity contribution is 5.01. The van der Waals surface area contributed by atoms with Gasteiger partial charge in [0.05, 0.1) is 6.10 Å². The summed E-state index contributed by atoms with van der Waals surface area (Å²) in [5, 5.41) is 13.3. The third-order valence-electron chi connectivity index (χ3n) is 4.71. The van der Waals surface area contributed by atoms with Crippen molar-refractivity contribution in [2.75, 3.05) is 26.2 Å². The summed E-state index contributed by atoms with van der Waals surface area (Å²) in [6.07, 6.45) is 6.24. The van der Waals surface area contributed by atoms with E-state index in [9.17, 15) is 5.11 Å². The number of piperidine rings is 1. The van der Waals surface area contributed by atoms with Crippen molar-refractivity contribution in [1.29, 1.82) is 0 Å². The third kappa shape index (κ3) is 3.21. The van der Waals surface area contributed by atoms with Crippen molar-refractivity contribution in [1.82, 2.24) is 10.2 Å². The molecule has 17 heavy (non-hydrogen) atoms. The number of rotatable bonds is 5. The summed E-state index contributed by atoms with van der Waals surface area (Å²) in [6, 6.07) is 0.513. The van der Waals surface area contributed by atoms with Crippen molar-refractivity contribution in [2.24, 2.45) is 5.41 Å². The van der Waals surface area contributed by atoms with E-state index in [0.29, 0.717) is 6.04 Å². The van der Waals surface area contributed by atoms with Crippen molar-refractivity contribution in [3.63, 3.8) is 0 Å². The molecule has 0 spiro atoms. The normalized spacial score (nSPS) is 33.4. The maximum absolute atomic E-state index is 9.66. The van der Waals surface area contributed by atoms with Gasteiger partial charge < -0.3 is 15.3 Å². The molecule has 2 N–H and O–H groups in total. The fraction of sp³-hybridized carbons (Fsp3) is 1.00. The number of hydrogen-bond acceptors (Lipinski definition) is 3. The van der Waals surface area contributed by atoms with Crippen LogP contribution in [0.5, 0.6) is 0 Å². The van der Waals surface area contributed by atoms with Crippen LogP contribution in [-0.2, 0) is 0 Å². The molecule has 0 bridgehead atoms. The van der Waals surface area contributed by atoms with Crippen LogP contribution in [0.25, 0.3) is 0 Å². The van der Waals surface area contributed by atoms with Crippen molar-refractivity contribution >= 4 is 0 Å². The largest absolute Gasteiger partial charge is 0.392 e. The van der Waals surface area contributed by atoms with E-state index in [4.69, 9.17) is 0 Å². The monoisotopic (exact) mass is 240 g/mol. The van der Waals surface area contributed by atoms with Gasteiger partial charge in [-0.2, -0.15) is 0 Å². The Balaban J connectivity index is 1.54. The van der Waals surface area contributed by atoms with Gasteiger partial charge >= 0.3 is 0 Å². The highest BCUT2D eigenvalue weighted by Crippen LogP contribution is 2.40. The Labute approximate surface area is 106 Å². The van der Waals surface area contributed by atoms with E-state index in [2.05, 4.69) is 24.1 Å². The Morgan fingerprint density at radius 1 is 1.24 bits per heavy atom. The zero-order chi connectivity index (χ0) is 12.3. The summed E-state index contributed by atoms with van der Waals surface area (Å²) in [6.45, 7) is 9.24. The minimum Gasteiger partial charge on any atom is -0.392 e. The Morgan fingerprint density at radius 2 is 1.94 bits per heavy atom. The van der Waals surface area contributed by atoms with Crippen LogP contribution < -0.4 is 5.32 Å². The van der Waals surface area contributed by atoms with Gasteiger partial charge in [0.1, 0.15) is 0 Å². The summed E-state index contributed by atoms with van der Waals surface area (Å²) in [4.78, 5) is 2.59. The first-order chi connectivity index (χ1) is 8.10. The molecule has 0 aromatic heterocycles. The lowest BCUT2D eigenvalue weighted by Gasteiger charge is -2.49. The van der Waals surface area contributed by atoms with E-state index in [1.807, 2.05) is 0 Å². The number of likely N-dealkylation sites (tertiary alicyclic amines) is 1. The quantitative estimate of drug-likeness (QED) is 0.717. The fourth-order valence-electron chi connectivity index (χ4n) is 3.01. The van der Waals surface area contributed by atoms with Crippen molar-refractivity contribution in [3.05, 3.63) is 0 Å². The zero-order valence-corrected chi connectivity index (χ0v) is 11.4. The van der Waals surface area contributed by atoms with E-state index in [0.717, 1.165) is 13.0 Å². The summed E-state index contributed by atoms with van der Waals surface area (Å²) in [5.74, 6) is 0. The van der Waals surface area contributed by atoms with Gasteiger partial charge in [0.2, 0.25) is 0 Å². The molecule has 0 radical (unpaired) electrons. The third-order valence-corrected chi connectivity index (χ3v) is 4.71. The molecule has 0 aromatic carbocycles. The number of nitrogens with one attached hydrogen (secondary N) is 1. The molecule has 1 heterocycles. The first-order valence-corrected chi connectivity index (χ1v) is 7.24. The highest BCUT2D eigenvalue weighted by Gasteiger charge is 2.46.